The van der Waals surface area contributed by atoms with Gasteiger partial charge in [-0.15, -0.1) is 0 Å². The molecule has 0 amide bonds. The van der Waals surface area contributed by atoms with Crippen molar-refractivity contribution in [1.29, 1.82) is 0 Å². The minimum atomic E-state index is -0.183. The lowest BCUT2D eigenvalue weighted by Crippen LogP contribution is -2.39. The van der Waals surface area contributed by atoms with Crippen LogP contribution in [-0.2, 0) is 15.6 Å². The lowest BCUT2D eigenvalue weighted by Gasteiger charge is -2.34. The van der Waals surface area contributed by atoms with Gasteiger partial charge in [0.05, 0.1) is 23.0 Å². The van der Waals surface area contributed by atoms with Crippen LogP contribution in [0.4, 0.5) is 0 Å². The SMILES string of the molecule is CC.CC12CCCC[C@H]1OB(Cc1coc3c(Cl)cccc13)O2. The van der Waals surface area contributed by atoms with E-state index in [0.717, 1.165) is 29.4 Å². The Morgan fingerprint density at radius 3 is 2.91 bits per heavy atom. The molecule has 1 saturated heterocycles. The summed E-state index contributed by atoms with van der Waals surface area (Å²) >= 11 is 6.15. The molecule has 0 spiro atoms. The van der Waals surface area contributed by atoms with Crippen LogP contribution in [0.5, 0.6) is 0 Å². The van der Waals surface area contributed by atoms with Crippen LogP contribution in [-0.4, -0.2) is 18.8 Å². The van der Waals surface area contributed by atoms with Crippen molar-refractivity contribution >= 4 is 29.7 Å². The van der Waals surface area contributed by atoms with Crippen LogP contribution in [0.2, 0.25) is 5.02 Å². The number of hydrogen-bond donors (Lipinski definition) is 0. The molecule has 2 heterocycles. The number of benzene rings is 1. The Kier molecular flexibility index (Phi) is 5.05. The molecule has 3 nitrogen and oxygen atoms in total. The quantitative estimate of drug-likeness (QED) is 0.686. The van der Waals surface area contributed by atoms with Gasteiger partial charge in [-0.1, -0.05) is 50.4 Å². The van der Waals surface area contributed by atoms with E-state index in [2.05, 4.69) is 6.92 Å². The summed E-state index contributed by atoms with van der Waals surface area (Å²) in [4.78, 5) is 0. The van der Waals surface area contributed by atoms with Gasteiger partial charge in [-0.2, -0.15) is 0 Å². The Hall–Kier alpha value is -0.965. The molecule has 2 fully saturated rings. The van der Waals surface area contributed by atoms with E-state index in [1.807, 2.05) is 32.0 Å². The highest BCUT2D eigenvalue weighted by Gasteiger charge is 2.49. The van der Waals surface area contributed by atoms with Gasteiger partial charge in [0.15, 0.2) is 5.58 Å². The Morgan fingerprint density at radius 2 is 2.13 bits per heavy atom. The highest BCUT2D eigenvalue weighted by Crippen LogP contribution is 2.40. The molecule has 1 aromatic carbocycles. The summed E-state index contributed by atoms with van der Waals surface area (Å²) in [5.41, 5.74) is 1.73. The second-order valence-electron chi connectivity index (χ2n) is 6.31. The first kappa shape index (κ1) is 16.9. The molecule has 1 unspecified atom stereocenters. The smallest absolute Gasteiger partial charge is 0.462 e. The number of fused-ring (bicyclic) bond motifs is 2. The molecule has 2 atom stereocenters. The number of halogens is 1. The van der Waals surface area contributed by atoms with Gasteiger partial charge >= 0.3 is 7.12 Å². The van der Waals surface area contributed by atoms with Crippen LogP contribution in [0, 0.1) is 0 Å². The number of hydrogen-bond acceptors (Lipinski definition) is 3. The number of para-hydroxylation sites is 1. The maximum Gasteiger partial charge on any atom is 0.462 e. The summed E-state index contributed by atoms with van der Waals surface area (Å²) in [6, 6.07) is 5.82. The molecule has 0 N–H and O–H groups in total. The van der Waals surface area contributed by atoms with Crippen LogP contribution < -0.4 is 0 Å². The Bertz CT molecular complexity index is 671. The van der Waals surface area contributed by atoms with Crippen LogP contribution in [0.15, 0.2) is 28.9 Å². The van der Waals surface area contributed by atoms with E-state index in [-0.39, 0.29) is 18.8 Å². The third-order valence-corrected chi connectivity index (χ3v) is 5.10. The zero-order valence-electron chi connectivity index (χ0n) is 14.1. The fourth-order valence-electron chi connectivity index (χ4n) is 3.63. The van der Waals surface area contributed by atoms with E-state index >= 15 is 0 Å². The van der Waals surface area contributed by atoms with Crippen LogP contribution in [0.25, 0.3) is 11.0 Å². The molecular weight excluding hydrogens is 310 g/mol. The highest BCUT2D eigenvalue weighted by molar-refractivity contribution is 6.45. The highest BCUT2D eigenvalue weighted by atomic mass is 35.5. The predicted octanol–water partition coefficient (Wildman–Crippen LogP) is 5.43. The van der Waals surface area contributed by atoms with Crippen molar-refractivity contribution < 1.29 is 13.7 Å². The lowest BCUT2D eigenvalue weighted by molar-refractivity contribution is 0.0181. The molecule has 4 rings (SSSR count). The number of furan rings is 1. The summed E-state index contributed by atoms with van der Waals surface area (Å²) in [6.07, 6.45) is 7.37. The van der Waals surface area contributed by atoms with Gasteiger partial charge in [-0.25, -0.2) is 0 Å². The van der Waals surface area contributed by atoms with Crippen molar-refractivity contribution in [3.8, 4) is 0 Å². The maximum atomic E-state index is 6.21. The van der Waals surface area contributed by atoms with E-state index in [1.165, 1.54) is 12.8 Å². The molecule has 5 heteroatoms. The van der Waals surface area contributed by atoms with Crippen LogP contribution >= 0.6 is 11.6 Å². The average molecular weight is 335 g/mol. The Morgan fingerprint density at radius 1 is 1.30 bits per heavy atom. The minimum absolute atomic E-state index is 0.111. The van der Waals surface area contributed by atoms with Crippen molar-refractivity contribution in [1.82, 2.24) is 0 Å². The van der Waals surface area contributed by atoms with Gasteiger partial charge in [0.2, 0.25) is 0 Å². The third kappa shape index (κ3) is 3.17. The molecule has 1 aliphatic heterocycles. The van der Waals surface area contributed by atoms with Crippen molar-refractivity contribution in [3.05, 3.63) is 35.0 Å². The molecule has 1 saturated carbocycles. The largest absolute Gasteiger partial charge is 0.463 e. The first-order valence-corrected chi connectivity index (χ1v) is 9.01. The summed E-state index contributed by atoms with van der Waals surface area (Å²) in [6.45, 7) is 6.18. The predicted molar refractivity (Wildman–Crippen MR) is 94.9 cm³/mol. The monoisotopic (exact) mass is 334 g/mol. The maximum absolute atomic E-state index is 6.21. The summed E-state index contributed by atoms with van der Waals surface area (Å²) < 4.78 is 17.9. The Balaban J connectivity index is 0.000000753. The first-order chi connectivity index (χ1) is 11.2. The van der Waals surface area contributed by atoms with Crippen molar-refractivity contribution in [3.63, 3.8) is 0 Å². The molecule has 0 radical (unpaired) electrons. The summed E-state index contributed by atoms with van der Waals surface area (Å²) in [7, 11) is -0.183. The van der Waals surface area contributed by atoms with Gasteiger partial charge in [0, 0.05) is 11.7 Å². The number of rotatable bonds is 2. The fraction of sp³-hybridized carbons (Fsp3) is 0.556. The van der Waals surface area contributed by atoms with Crippen molar-refractivity contribution in [2.45, 2.75) is 64.5 Å². The standard InChI is InChI=1S/C16H18BClO3.C2H6/c1-16-8-3-2-7-14(16)20-17(21-16)9-11-10-19-15-12(11)5-4-6-13(15)18;1-2/h4-6,10,14H,2-3,7-9H2,1H3;1-2H3/t14-,16?;/m1./s1. The molecule has 0 bridgehead atoms. The Labute approximate surface area is 143 Å². The molecule has 2 aliphatic rings. The van der Waals surface area contributed by atoms with E-state index in [1.54, 1.807) is 6.26 Å². The van der Waals surface area contributed by atoms with Gasteiger partial charge in [0.25, 0.3) is 0 Å². The first-order valence-electron chi connectivity index (χ1n) is 8.64. The van der Waals surface area contributed by atoms with E-state index in [9.17, 15) is 0 Å². The summed E-state index contributed by atoms with van der Waals surface area (Å²) in [5.74, 6) is 0. The second kappa shape index (κ2) is 6.88. The minimum Gasteiger partial charge on any atom is -0.463 e. The topological polar surface area (TPSA) is 31.6 Å². The zero-order chi connectivity index (χ0) is 16.4. The van der Waals surface area contributed by atoms with Gasteiger partial charge in [-0.05, 0) is 31.4 Å². The molecule has 1 aliphatic carbocycles. The average Bonchev–Trinajstić information content (AvgIpc) is 3.11. The van der Waals surface area contributed by atoms with Crippen molar-refractivity contribution in [2.75, 3.05) is 0 Å². The zero-order valence-corrected chi connectivity index (χ0v) is 14.9. The fourth-order valence-corrected chi connectivity index (χ4v) is 3.85. The van der Waals surface area contributed by atoms with Crippen LogP contribution in [0.1, 0.15) is 52.0 Å². The van der Waals surface area contributed by atoms with Gasteiger partial charge < -0.3 is 13.7 Å². The second-order valence-corrected chi connectivity index (χ2v) is 6.72. The van der Waals surface area contributed by atoms with Gasteiger partial charge in [0.1, 0.15) is 0 Å². The summed E-state index contributed by atoms with van der Waals surface area (Å²) in [5, 5.41) is 1.70. The molecule has 23 heavy (non-hydrogen) atoms. The van der Waals surface area contributed by atoms with E-state index < -0.39 is 0 Å². The molecule has 2 aromatic rings. The van der Waals surface area contributed by atoms with Crippen LogP contribution in [0.3, 0.4) is 0 Å². The lowest BCUT2D eigenvalue weighted by atomic mass is 9.80. The van der Waals surface area contributed by atoms with E-state index in [4.69, 9.17) is 25.3 Å². The molecule has 1 aromatic heterocycles. The van der Waals surface area contributed by atoms with Crippen molar-refractivity contribution in [2.24, 2.45) is 0 Å². The van der Waals surface area contributed by atoms with Gasteiger partial charge in [-0.3, -0.25) is 0 Å². The molecular formula is C18H24BClO3. The third-order valence-electron chi connectivity index (χ3n) is 4.81. The normalized spacial score (nSPS) is 26.8. The van der Waals surface area contributed by atoms with E-state index in [0.29, 0.717) is 11.3 Å². The molecule has 124 valence electrons.